The molecule has 5 unspecified atom stereocenters. The summed E-state index contributed by atoms with van der Waals surface area (Å²) < 4.78 is 0. The van der Waals surface area contributed by atoms with Crippen LogP contribution in [0.3, 0.4) is 0 Å². The summed E-state index contributed by atoms with van der Waals surface area (Å²) in [7, 11) is 0. The first-order valence-electron chi connectivity index (χ1n) is 16.0. The Balaban J connectivity index is 1.22. The van der Waals surface area contributed by atoms with E-state index in [2.05, 4.69) is 123 Å². The lowest BCUT2D eigenvalue weighted by molar-refractivity contribution is 0.215. The second kappa shape index (κ2) is 10.8. The van der Waals surface area contributed by atoms with Crippen molar-refractivity contribution in [3.8, 4) is 22.8 Å². The maximum absolute atomic E-state index is 5.04. The van der Waals surface area contributed by atoms with E-state index in [-0.39, 0.29) is 5.41 Å². The SMILES string of the molecule is CC1CC=CC2=C1C1(C)C=C(c3cccc(-c4nc(C5=CC=CCC5)nc(-c5ccccc5)n4)c3)C=CC1C1C=CC=CC21. The van der Waals surface area contributed by atoms with Gasteiger partial charge in [-0.2, -0.15) is 0 Å². The van der Waals surface area contributed by atoms with Gasteiger partial charge in [-0.25, -0.2) is 15.0 Å². The van der Waals surface area contributed by atoms with Gasteiger partial charge >= 0.3 is 0 Å². The normalized spacial score (nSPS) is 28.2. The van der Waals surface area contributed by atoms with Crippen LogP contribution in [0.25, 0.3) is 33.9 Å². The zero-order chi connectivity index (χ0) is 29.7. The number of fused-ring (bicyclic) bond motifs is 5. The summed E-state index contributed by atoms with van der Waals surface area (Å²) in [6.07, 6.45) is 31.1. The van der Waals surface area contributed by atoms with Gasteiger partial charge in [0.25, 0.3) is 0 Å². The maximum Gasteiger partial charge on any atom is 0.164 e. The zero-order valence-electron chi connectivity index (χ0n) is 25.4. The van der Waals surface area contributed by atoms with Crippen molar-refractivity contribution < 1.29 is 0 Å². The molecule has 216 valence electrons. The summed E-state index contributed by atoms with van der Waals surface area (Å²) >= 11 is 0. The number of allylic oxidation sites excluding steroid dienone is 16. The monoisotopic (exact) mass is 571 g/mol. The molecule has 0 spiro atoms. The fraction of sp³-hybridized carbons (Fsp3) is 0.244. The predicted octanol–water partition coefficient (Wildman–Crippen LogP) is 9.78. The summed E-state index contributed by atoms with van der Waals surface area (Å²) in [5.41, 5.74) is 8.74. The molecule has 0 bridgehead atoms. The molecule has 0 N–H and O–H groups in total. The largest absolute Gasteiger partial charge is 0.209 e. The molecule has 0 aliphatic heterocycles. The highest BCUT2D eigenvalue weighted by Crippen LogP contribution is 2.59. The third-order valence-corrected chi connectivity index (χ3v) is 10.2. The van der Waals surface area contributed by atoms with E-state index in [0.717, 1.165) is 41.8 Å². The molecule has 3 nitrogen and oxygen atoms in total. The van der Waals surface area contributed by atoms with E-state index in [1.165, 1.54) is 16.7 Å². The number of hydrogen-bond donors (Lipinski definition) is 0. The molecule has 5 aliphatic carbocycles. The molecule has 0 amide bonds. The fourth-order valence-electron chi connectivity index (χ4n) is 8.13. The molecule has 44 heavy (non-hydrogen) atoms. The van der Waals surface area contributed by atoms with Crippen LogP contribution in [-0.2, 0) is 0 Å². The molecule has 2 aromatic carbocycles. The molecule has 3 heteroatoms. The first-order valence-corrected chi connectivity index (χ1v) is 16.0. The van der Waals surface area contributed by atoms with Crippen molar-refractivity contribution in [2.75, 3.05) is 0 Å². The lowest BCUT2D eigenvalue weighted by atomic mass is 9.51. The minimum absolute atomic E-state index is 0.0436. The van der Waals surface area contributed by atoms with Gasteiger partial charge in [0.15, 0.2) is 17.5 Å². The van der Waals surface area contributed by atoms with Gasteiger partial charge in [-0.3, -0.25) is 0 Å². The van der Waals surface area contributed by atoms with Gasteiger partial charge in [0.2, 0.25) is 0 Å². The predicted molar refractivity (Wildman–Crippen MR) is 181 cm³/mol. The zero-order valence-corrected chi connectivity index (χ0v) is 25.4. The molecule has 1 aromatic heterocycles. The average Bonchev–Trinajstić information content (AvgIpc) is 3.08. The Morgan fingerprint density at radius 3 is 2.36 bits per heavy atom. The molecule has 0 radical (unpaired) electrons. The minimum atomic E-state index is -0.0436. The van der Waals surface area contributed by atoms with E-state index in [4.69, 9.17) is 15.0 Å². The van der Waals surface area contributed by atoms with Crippen molar-refractivity contribution in [1.29, 1.82) is 0 Å². The smallest absolute Gasteiger partial charge is 0.164 e. The van der Waals surface area contributed by atoms with Crippen molar-refractivity contribution >= 4 is 11.1 Å². The third-order valence-electron chi connectivity index (χ3n) is 10.2. The van der Waals surface area contributed by atoms with Crippen LogP contribution >= 0.6 is 0 Å². The Morgan fingerprint density at radius 1 is 0.750 bits per heavy atom. The van der Waals surface area contributed by atoms with E-state index in [0.29, 0.717) is 35.3 Å². The lowest BCUT2D eigenvalue weighted by Gasteiger charge is -2.52. The molecular formula is C41H37N3. The van der Waals surface area contributed by atoms with Crippen LogP contribution in [0.15, 0.2) is 139 Å². The molecule has 5 atom stereocenters. The Kier molecular flexibility index (Phi) is 6.63. The topological polar surface area (TPSA) is 38.7 Å². The standard InChI is InChI=1S/C41H37N3/c1-27-13-11-22-35-33-20-9-10-21-34(33)36-24-23-32(26-41(36,2)37(27)35)30-18-12-19-31(25-30)40-43-38(28-14-5-3-6-15-28)42-39(44-40)29-16-7-4-8-17-29/h3-7,9-12,14-16,18-27,33-34,36H,8,13,17H2,1-2H3. The maximum atomic E-state index is 5.04. The Bertz CT molecular complexity index is 1880. The first-order chi connectivity index (χ1) is 21.6. The Hall–Kier alpha value is -4.63. The van der Waals surface area contributed by atoms with Crippen molar-refractivity contribution in [2.45, 2.75) is 33.1 Å². The first kappa shape index (κ1) is 27.0. The third kappa shape index (κ3) is 4.54. The molecule has 3 aromatic rings. The van der Waals surface area contributed by atoms with Crippen molar-refractivity contribution in [3.05, 3.63) is 150 Å². The number of hydrogen-bond acceptors (Lipinski definition) is 3. The summed E-state index contributed by atoms with van der Waals surface area (Å²) in [6, 6.07) is 19.0. The van der Waals surface area contributed by atoms with Crippen molar-refractivity contribution in [3.63, 3.8) is 0 Å². The fourth-order valence-corrected chi connectivity index (χ4v) is 8.13. The summed E-state index contributed by atoms with van der Waals surface area (Å²) in [4.78, 5) is 15.0. The van der Waals surface area contributed by atoms with Gasteiger partial charge in [-0.15, -0.1) is 0 Å². The van der Waals surface area contributed by atoms with Gasteiger partial charge in [0, 0.05) is 22.5 Å². The van der Waals surface area contributed by atoms with Crippen LogP contribution in [-0.4, -0.2) is 15.0 Å². The minimum Gasteiger partial charge on any atom is -0.209 e. The molecule has 8 rings (SSSR count). The Morgan fingerprint density at radius 2 is 1.52 bits per heavy atom. The number of aromatic nitrogens is 3. The Labute approximate surface area is 260 Å². The van der Waals surface area contributed by atoms with E-state index in [1.807, 2.05) is 18.2 Å². The molecule has 1 heterocycles. The highest BCUT2D eigenvalue weighted by atomic mass is 15.0. The second-order valence-corrected chi connectivity index (χ2v) is 13.0. The van der Waals surface area contributed by atoms with Crippen molar-refractivity contribution in [1.82, 2.24) is 15.0 Å². The molecular weight excluding hydrogens is 534 g/mol. The lowest BCUT2D eigenvalue weighted by Crippen LogP contribution is -2.44. The number of nitrogens with zero attached hydrogens (tertiary/aromatic N) is 3. The number of rotatable bonds is 4. The van der Waals surface area contributed by atoms with Crippen LogP contribution in [0.1, 0.15) is 44.5 Å². The average molecular weight is 572 g/mol. The van der Waals surface area contributed by atoms with E-state index in [9.17, 15) is 0 Å². The van der Waals surface area contributed by atoms with Gasteiger partial charge in [0.05, 0.1) is 0 Å². The highest BCUT2D eigenvalue weighted by Gasteiger charge is 2.50. The van der Waals surface area contributed by atoms with E-state index >= 15 is 0 Å². The van der Waals surface area contributed by atoms with Crippen LogP contribution in [0.5, 0.6) is 0 Å². The van der Waals surface area contributed by atoms with Crippen LogP contribution in [0.4, 0.5) is 0 Å². The summed E-state index contributed by atoms with van der Waals surface area (Å²) in [5.74, 6) is 4.09. The summed E-state index contributed by atoms with van der Waals surface area (Å²) in [6.45, 7) is 4.89. The molecule has 0 saturated heterocycles. The summed E-state index contributed by atoms with van der Waals surface area (Å²) in [5, 5.41) is 0. The van der Waals surface area contributed by atoms with E-state index < -0.39 is 0 Å². The second-order valence-electron chi connectivity index (χ2n) is 13.0. The number of benzene rings is 2. The van der Waals surface area contributed by atoms with Gasteiger partial charge in [-0.1, -0.05) is 141 Å². The molecule has 0 saturated carbocycles. The quantitative estimate of drug-likeness (QED) is 0.313. The van der Waals surface area contributed by atoms with Gasteiger partial charge in [-0.05, 0) is 65.4 Å². The van der Waals surface area contributed by atoms with Crippen LogP contribution in [0.2, 0.25) is 0 Å². The van der Waals surface area contributed by atoms with Crippen LogP contribution < -0.4 is 0 Å². The van der Waals surface area contributed by atoms with Gasteiger partial charge < -0.3 is 0 Å². The molecule has 0 fully saturated rings. The van der Waals surface area contributed by atoms with Crippen molar-refractivity contribution in [2.24, 2.45) is 29.1 Å². The highest BCUT2D eigenvalue weighted by molar-refractivity contribution is 5.80. The van der Waals surface area contributed by atoms with Gasteiger partial charge in [0.1, 0.15) is 0 Å². The van der Waals surface area contributed by atoms with Crippen LogP contribution in [0, 0.1) is 29.1 Å². The van der Waals surface area contributed by atoms with E-state index in [1.54, 1.807) is 5.57 Å². The molecule has 5 aliphatic rings.